The summed E-state index contributed by atoms with van der Waals surface area (Å²) in [7, 11) is 3.21. The van der Waals surface area contributed by atoms with Crippen LogP contribution in [0.25, 0.3) is 10.2 Å². The number of aryl methyl sites for hydroxylation is 2. The monoisotopic (exact) mass is 373 g/mol. The lowest BCUT2D eigenvalue weighted by Gasteiger charge is -2.12. The van der Waals surface area contributed by atoms with E-state index in [0.717, 1.165) is 21.0 Å². The van der Waals surface area contributed by atoms with E-state index in [0.29, 0.717) is 16.6 Å². The van der Waals surface area contributed by atoms with Gasteiger partial charge >= 0.3 is 0 Å². The molecule has 0 bridgehead atoms. The maximum atomic E-state index is 5.39. The lowest BCUT2D eigenvalue weighted by atomic mass is 10.1. The van der Waals surface area contributed by atoms with Gasteiger partial charge in [0.25, 0.3) is 0 Å². The molecule has 1 heterocycles. The number of aromatic nitrogens is 1. The Morgan fingerprint density at radius 3 is 2.44 bits per heavy atom. The maximum absolute atomic E-state index is 5.39. The van der Waals surface area contributed by atoms with Crippen molar-refractivity contribution in [3.05, 3.63) is 41.5 Å². The van der Waals surface area contributed by atoms with Gasteiger partial charge in [-0.2, -0.15) is 0 Å². The number of methoxy groups -OCH3 is 2. The van der Waals surface area contributed by atoms with Gasteiger partial charge in [0, 0.05) is 11.8 Å². The Bertz CT molecular complexity index is 898. The molecule has 0 radical (unpaired) electrons. The molecule has 2 aromatic carbocycles. The summed E-state index contributed by atoms with van der Waals surface area (Å²) in [5, 5.41) is 7.51. The Hall–Kier alpha value is -2.38. The topological polar surface area (TPSA) is 55.4 Å². The van der Waals surface area contributed by atoms with Crippen molar-refractivity contribution in [2.45, 2.75) is 13.8 Å². The van der Waals surface area contributed by atoms with Crippen LogP contribution in [-0.2, 0) is 0 Å². The molecule has 0 amide bonds. The van der Waals surface area contributed by atoms with Crippen molar-refractivity contribution in [2.75, 3.05) is 24.9 Å². The third-order valence-electron chi connectivity index (χ3n) is 3.87. The minimum Gasteiger partial charge on any atom is -0.493 e. The molecule has 25 heavy (non-hydrogen) atoms. The lowest BCUT2D eigenvalue weighted by Crippen LogP contribution is -2.18. The fraction of sp³-hybridized carbons (Fsp3) is 0.222. The molecule has 0 saturated carbocycles. The number of hydrogen-bond acceptors (Lipinski definition) is 5. The fourth-order valence-corrected chi connectivity index (χ4v) is 3.64. The molecule has 0 spiro atoms. The Balaban J connectivity index is 1.74. The van der Waals surface area contributed by atoms with E-state index in [4.69, 9.17) is 21.7 Å². The summed E-state index contributed by atoms with van der Waals surface area (Å²) in [5.41, 5.74) is 4.27. The zero-order valence-electron chi connectivity index (χ0n) is 14.5. The van der Waals surface area contributed by atoms with E-state index in [-0.39, 0.29) is 0 Å². The Morgan fingerprint density at radius 2 is 1.72 bits per heavy atom. The van der Waals surface area contributed by atoms with Gasteiger partial charge in [-0.05, 0) is 61.5 Å². The van der Waals surface area contributed by atoms with Crippen molar-refractivity contribution >= 4 is 49.7 Å². The van der Waals surface area contributed by atoms with Crippen LogP contribution < -0.4 is 20.1 Å². The van der Waals surface area contributed by atoms with E-state index in [1.807, 2.05) is 18.2 Å². The molecule has 0 fully saturated rings. The largest absolute Gasteiger partial charge is 0.493 e. The highest BCUT2D eigenvalue weighted by atomic mass is 32.1. The Morgan fingerprint density at radius 1 is 1.00 bits per heavy atom. The van der Waals surface area contributed by atoms with Crippen LogP contribution in [0.5, 0.6) is 11.5 Å². The third-order valence-corrected chi connectivity index (χ3v) is 5.00. The molecular formula is C18H19N3O2S2. The van der Waals surface area contributed by atoms with Crippen LogP contribution >= 0.6 is 23.6 Å². The highest BCUT2D eigenvalue weighted by molar-refractivity contribution is 7.80. The van der Waals surface area contributed by atoms with Crippen molar-refractivity contribution in [1.29, 1.82) is 0 Å². The number of thiocarbonyl (C=S) groups is 1. The average molecular weight is 374 g/mol. The number of benzene rings is 2. The van der Waals surface area contributed by atoms with Gasteiger partial charge in [-0.15, -0.1) is 0 Å². The average Bonchev–Trinajstić information content (AvgIpc) is 2.95. The summed E-state index contributed by atoms with van der Waals surface area (Å²) >= 11 is 6.97. The first-order valence-corrected chi connectivity index (χ1v) is 8.90. The first-order valence-electron chi connectivity index (χ1n) is 7.68. The molecule has 3 aromatic rings. The number of thiazole rings is 1. The second-order valence-corrected chi connectivity index (χ2v) is 7.01. The number of fused-ring (bicyclic) bond motifs is 1. The Labute approximate surface area is 156 Å². The van der Waals surface area contributed by atoms with E-state index in [1.165, 1.54) is 11.1 Å². The highest BCUT2D eigenvalue weighted by Crippen LogP contribution is 2.31. The summed E-state index contributed by atoms with van der Waals surface area (Å²) in [6.07, 6.45) is 0. The van der Waals surface area contributed by atoms with E-state index in [1.54, 1.807) is 25.6 Å². The van der Waals surface area contributed by atoms with Gasteiger partial charge in [0.1, 0.15) is 0 Å². The van der Waals surface area contributed by atoms with E-state index in [2.05, 4.69) is 41.6 Å². The van der Waals surface area contributed by atoms with Gasteiger partial charge in [-0.1, -0.05) is 11.3 Å². The molecule has 5 nitrogen and oxygen atoms in total. The van der Waals surface area contributed by atoms with Gasteiger partial charge in [0.05, 0.1) is 24.4 Å². The molecule has 1 aromatic heterocycles. The van der Waals surface area contributed by atoms with Gasteiger partial charge < -0.3 is 20.1 Å². The first-order chi connectivity index (χ1) is 12.0. The molecule has 0 atom stereocenters. The van der Waals surface area contributed by atoms with Gasteiger partial charge in [-0.25, -0.2) is 4.98 Å². The van der Waals surface area contributed by atoms with Crippen molar-refractivity contribution < 1.29 is 9.47 Å². The fourth-order valence-electron chi connectivity index (χ4n) is 2.41. The zero-order chi connectivity index (χ0) is 18.0. The second kappa shape index (κ2) is 7.25. The first kappa shape index (κ1) is 17.4. The van der Waals surface area contributed by atoms with E-state index < -0.39 is 0 Å². The summed E-state index contributed by atoms with van der Waals surface area (Å²) < 4.78 is 11.7. The van der Waals surface area contributed by atoms with Crippen molar-refractivity contribution in [3.8, 4) is 11.5 Å². The second-order valence-electron chi connectivity index (χ2n) is 5.57. The van der Waals surface area contributed by atoms with Crippen LogP contribution in [-0.4, -0.2) is 24.3 Å². The molecule has 0 aliphatic heterocycles. The van der Waals surface area contributed by atoms with Crippen LogP contribution in [0, 0.1) is 13.8 Å². The normalized spacial score (nSPS) is 10.6. The minimum atomic E-state index is 0.472. The van der Waals surface area contributed by atoms with Crippen molar-refractivity contribution in [1.82, 2.24) is 4.98 Å². The van der Waals surface area contributed by atoms with Crippen molar-refractivity contribution in [3.63, 3.8) is 0 Å². The van der Waals surface area contributed by atoms with E-state index >= 15 is 0 Å². The molecule has 130 valence electrons. The smallest absolute Gasteiger partial charge is 0.190 e. The van der Waals surface area contributed by atoms with Gasteiger partial charge in [0.2, 0.25) is 0 Å². The minimum absolute atomic E-state index is 0.472. The standard InChI is InChI=1S/C18H19N3O2S2/c1-10-7-13-16(8-11(10)2)25-18(20-13)21-17(24)19-12-5-6-14(22-3)15(9-12)23-4/h5-9H,1-4H3,(H2,19,20,21,24). The van der Waals surface area contributed by atoms with Gasteiger partial charge in [-0.3, -0.25) is 0 Å². The molecule has 7 heteroatoms. The van der Waals surface area contributed by atoms with Crippen LogP contribution in [0.4, 0.5) is 10.8 Å². The van der Waals surface area contributed by atoms with E-state index in [9.17, 15) is 0 Å². The molecule has 3 rings (SSSR count). The molecule has 0 saturated heterocycles. The van der Waals surface area contributed by atoms with Crippen LogP contribution in [0.15, 0.2) is 30.3 Å². The molecule has 0 unspecified atom stereocenters. The summed E-state index contributed by atoms with van der Waals surface area (Å²) in [6.45, 7) is 4.19. The SMILES string of the molecule is COc1ccc(NC(=S)Nc2nc3cc(C)c(C)cc3s2)cc1OC. The summed E-state index contributed by atoms with van der Waals surface area (Å²) in [4.78, 5) is 4.59. The number of hydrogen-bond donors (Lipinski definition) is 2. The van der Waals surface area contributed by atoms with Crippen LogP contribution in [0.3, 0.4) is 0 Å². The molecule has 0 aliphatic rings. The number of nitrogens with one attached hydrogen (secondary N) is 2. The predicted octanol–water partition coefficient (Wildman–Crippen LogP) is 4.74. The zero-order valence-corrected chi connectivity index (χ0v) is 16.1. The van der Waals surface area contributed by atoms with Crippen molar-refractivity contribution in [2.24, 2.45) is 0 Å². The van der Waals surface area contributed by atoms with Gasteiger partial charge in [0.15, 0.2) is 21.7 Å². The summed E-state index contributed by atoms with van der Waals surface area (Å²) in [6, 6.07) is 9.78. The molecule has 2 N–H and O–H groups in total. The number of rotatable bonds is 4. The highest BCUT2D eigenvalue weighted by Gasteiger charge is 2.09. The lowest BCUT2D eigenvalue weighted by molar-refractivity contribution is 0.355. The predicted molar refractivity (Wildman–Crippen MR) is 108 cm³/mol. The Kier molecular flexibility index (Phi) is 5.06. The van der Waals surface area contributed by atoms with Crippen LogP contribution in [0.2, 0.25) is 0 Å². The van der Waals surface area contributed by atoms with Crippen LogP contribution in [0.1, 0.15) is 11.1 Å². The third kappa shape index (κ3) is 3.83. The summed E-state index contributed by atoms with van der Waals surface area (Å²) in [5.74, 6) is 1.31. The molecular weight excluding hydrogens is 354 g/mol. The maximum Gasteiger partial charge on any atom is 0.190 e. The molecule has 0 aliphatic carbocycles. The number of ether oxygens (including phenoxy) is 2. The number of anilines is 2. The number of nitrogens with zero attached hydrogens (tertiary/aromatic N) is 1. The quantitative estimate of drug-likeness (QED) is 0.644.